The predicted molar refractivity (Wildman–Crippen MR) is 41.1 cm³/mol. The van der Waals surface area contributed by atoms with Crippen molar-refractivity contribution in [2.75, 3.05) is 19.7 Å². The zero-order chi connectivity index (χ0) is 8.27. The summed E-state index contributed by atoms with van der Waals surface area (Å²) in [5, 5.41) is 20.5. The molecule has 0 aromatic rings. The van der Waals surface area contributed by atoms with Crippen molar-refractivity contribution in [2.45, 2.75) is 12.5 Å². The molecular weight excluding hydrogens is 146 g/mol. The number of nitrogens with zero attached hydrogens (tertiary/aromatic N) is 1. The molecule has 11 heavy (non-hydrogen) atoms. The fourth-order valence-corrected chi connectivity index (χ4v) is 1.08. The molecule has 1 unspecified atom stereocenters. The molecule has 1 N–H and O–H groups in total. The largest absolute Gasteiger partial charge is 0.785 e. The Bertz CT molecular complexity index is 149. The van der Waals surface area contributed by atoms with E-state index in [2.05, 4.69) is 6.58 Å². The van der Waals surface area contributed by atoms with E-state index in [1.807, 2.05) is 0 Å². The van der Waals surface area contributed by atoms with E-state index < -0.39 is 0 Å². The Kier molecular flexibility index (Phi) is 2.87. The fraction of sp³-hybridized carbons (Fsp3) is 0.714. The van der Waals surface area contributed by atoms with Gasteiger partial charge in [-0.05, 0) is 0 Å². The quantitative estimate of drug-likeness (QED) is 0.599. The number of hydroxylamine groups is 2. The van der Waals surface area contributed by atoms with Gasteiger partial charge in [0, 0.05) is 19.5 Å². The number of ether oxygens (including phenoxy) is 1. The van der Waals surface area contributed by atoms with Gasteiger partial charge < -0.3 is 20.1 Å². The molecule has 64 valence electrons. The first-order valence-corrected chi connectivity index (χ1v) is 3.59. The highest BCUT2D eigenvalue weighted by Crippen LogP contribution is 2.10. The Morgan fingerprint density at radius 1 is 1.82 bits per heavy atom. The van der Waals surface area contributed by atoms with Crippen molar-refractivity contribution in [1.82, 2.24) is 5.06 Å². The summed E-state index contributed by atoms with van der Waals surface area (Å²) in [6.45, 7) is 4.53. The second kappa shape index (κ2) is 3.71. The van der Waals surface area contributed by atoms with E-state index in [4.69, 9.17) is 9.84 Å². The predicted octanol–water partition coefficient (Wildman–Crippen LogP) is 0.647. The molecule has 0 saturated carbocycles. The van der Waals surface area contributed by atoms with Gasteiger partial charge in [0.05, 0.1) is 18.5 Å². The first kappa shape index (κ1) is 8.52. The van der Waals surface area contributed by atoms with E-state index >= 15 is 0 Å². The molecule has 0 aliphatic carbocycles. The number of morpholine rings is 1. The molecular formula is C7H12NO3-. The van der Waals surface area contributed by atoms with Crippen LogP contribution in [0.1, 0.15) is 6.42 Å². The minimum atomic E-state index is -0.182. The maximum absolute atomic E-state index is 10.8. The molecule has 0 spiro atoms. The molecule has 1 aliphatic heterocycles. The lowest BCUT2D eigenvalue weighted by molar-refractivity contribution is -0.0158. The SMILES string of the molecule is C=C(O)CC1CN([O-])CCO1. The van der Waals surface area contributed by atoms with Crippen LogP contribution in [0, 0.1) is 5.21 Å². The highest BCUT2D eigenvalue weighted by atomic mass is 16.5. The summed E-state index contributed by atoms with van der Waals surface area (Å²) in [6.07, 6.45) is 0.178. The van der Waals surface area contributed by atoms with Crippen molar-refractivity contribution in [1.29, 1.82) is 0 Å². The van der Waals surface area contributed by atoms with Gasteiger partial charge in [-0.2, -0.15) is 0 Å². The van der Waals surface area contributed by atoms with Gasteiger partial charge in [0.25, 0.3) is 0 Å². The molecule has 0 amide bonds. The minimum Gasteiger partial charge on any atom is -0.785 e. The second-order valence-electron chi connectivity index (χ2n) is 2.65. The van der Waals surface area contributed by atoms with Crippen LogP contribution in [-0.2, 0) is 4.74 Å². The van der Waals surface area contributed by atoms with E-state index in [0.717, 1.165) is 5.06 Å². The summed E-state index contributed by atoms with van der Waals surface area (Å²) in [4.78, 5) is 0. The third kappa shape index (κ3) is 2.88. The van der Waals surface area contributed by atoms with Gasteiger partial charge in [0.2, 0.25) is 0 Å². The minimum absolute atomic E-state index is 0.0744. The van der Waals surface area contributed by atoms with Crippen LogP contribution in [0.25, 0.3) is 0 Å². The van der Waals surface area contributed by atoms with Gasteiger partial charge in [-0.15, -0.1) is 0 Å². The van der Waals surface area contributed by atoms with Crippen molar-refractivity contribution >= 4 is 0 Å². The number of aliphatic hydroxyl groups is 1. The Morgan fingerprint density at radius 2 is 2.55 bits per heavy atom. The van der Waals surface area contributed by atoms with E-state index in [0.29, 0.717) is 26.1 Å². The van der Waals surface area contributed by atoms with Crippen LogP contribution in [-0.4, -0.2) is 36.0 Å². The zero-order valence-corrected chi connectivity index (χ0v) is 6.32. The summed E-state index contributed by atoms with van der Waals surface area (Å²) in [7, 11) is 0. The third-order valence-corrected chi connectivity index (χ3v) is 1.56. The smallest absolute Gasteiger partial charge is 0.0877 e. The molecule has 0 aromatic heterocycles. The molecule has 0 radical (unpaired) electrons. The number of hydrogen-bond donors (Lipinski definition) is 1. The van der Waals surface area contributed by atoms with Crippen LogP contribution in [0.2, 0.25) is 0 Å². The lowest BCUT2D eigenvalue weighted by Crippen LogP contribution is -2.39. The van der Waals surface area contributed by atoms with E-state index in [-0.39, 0.29) is 11.9 Å². The molecule has 1 rings (SSSR count). The summed E-state index contributed by atoms with van der Waals surface area (Å²) >= 11 is 0. The lowest BCUT2D eigenvalue weighted by Gasteiger charge is -2.37. The van der Waals surface area contributed by atoms with Crippen molar-refractivity contribution in [3.8, 4) is 0 Å². The van der Waals surface area contributed by atoms with Crippen LogP contribution in [0.5, 0.6) is 0 Å². The first-order chi connectivity index (χ1) is 5.18. The van der Waals surface area contributed by atoms with Crippen LogP contribution in [0.15, 0.2) is 12.3 Å². The Labute approximate surface area is 65.6 Å². The summed E-state index contributed by atoms with van der Waals surface area (Å²) < 4.78 is 5.20. The Morgan fingerprint density at radius 3 is 3.09 bits per heavy atom. The van der Waals surface area contributed by atoms with Gasteiger partial charge in [-0.25, -0.2) is 0 Å². The Balaban J connectivity index is 2.28. The fourth-order valence-electron chi connectivity index (χ4n) is 1.08. The summed E-state index contributed by atoms with van der Waals surface area (Å²) in [5.41, 5.74) is 0. The number of rotatable bonds is 2. The highest BCUT2D eigenvalue weighted by Gasteiger charge is 2.15. The van der Waals surface area contributed by atoms with Crippen molar-refractivity contribution in [3.05, 3.63) is 17.5 Å². The maximum atomic E-state index is 10.8. The molecule has 4 heteroatoms. The average Bonchev–Trinajstić information content (AvgIpc) is 1.85. The summed E-state index contributed by atoms with van der Waals surface area (Å²) in [5.74, 6) is 0.0744. The first-order valence-electron chi connectivity index (χ1n) is 3.59. The third-order valence-electron chi connectivity index (χ3n) is 1.56. The maximum Gasteiger partial charge on any atom is 0.0877 e. The van der Waals surface area contributed by atoms with Crippen LogP contribution < -0.4 is 0 Å². The highest BCUT2D eigenvalue weighted by molar-refractivity contribution is 4.86. The van der Waals surface area contributed by atoms with E-state index in [1.165, 1.54) is 0 Å². The normalized spacial score (nSPS) is 26.8. The standard InChI is InChI=1S/C7H12NO3/c1-6(9)4-7-5-8(10)2-3-11-7/h7,9H,1-5H2/q-1. The molecule has 1 saturated heterocycles. The summed E-state index contributed by atoms with van der Waals surface area (Å²) in [6, 6.07) is 0. The average molecular weight is 158 g/mol. The molecule has 0 bridgehead atoms. The number of aliphatic hydroxyl groups excluding tert-OH is 1. The van der Waals surface area contributed by atoms with Gasteiger partial charge in [0.1, 0.15) is 0 Å². The van der Waals surface area contributed by atoms with Crippen molar-refractivity contribution in [2.24, 2.45) is 0 Å². The van der Waals surface area contributed by atoms with Gasteiger partial charge in [-0.3, -0.25) is 0 Å². The van der Waals surface area contributed by atoms with Crippen molar-refractivity contribution < 1.29 is 9.84 Å². The zero-order valence-electron chi connectivity index (χ0n) is 6.32. The Hall–Kier alpha value is -0.580. The van der Waals surface area contributed by atoms with E-state index in [1.54, 1.807) is 0 Å². The molecule has 4 nitrogen and oxygen atoms in total. The molecule has 0 aromatic carbocycles. The molecule has 1 atom stereocenters. The van der Waals surface area contributed by atoms with Crippen LogP contribution in [0.4, 0.5) is 0 Å². The molecule has 1 aliphatic rings. The molecule has 1 heterocycles. The van der Waals surface area contributed by atoms with Crippen molar-refractivity contribution in [3.63, 3.8) is 0 Å². The van der Waals surface area contributed by atoms with E-state index in [9.17, 15) is 5.21 Å². The molecule has 1 fully saturated rings. The van der Waals surface area contributed by atoms with Gasteiger partial charge in [0.15, 0.2) is 0 Å². The topological polar surface area (TPSA) is 55.8 Å². The number of hydrogen-bond acceptors (Lipinski definition) is 4. The second-order valence-corrected chi connectivity index (χ2v) is 2.65. The monoisotopic (exact) mass is 158 g/mol. The van der Waals surface area contributed by atoms with Gasteiger partial charge in [-0.1, -0.05) is 6.58 Å². The lowest BCUT2D eigenvalue weighted by atomic mass is 10.2. The van der Waals surface area contributed by atoms with Crippen LogP contribution in [0.3, 0.4) is 0 Å². The van der Waals surface area contributed by atoms with Gasteiger partial charge >= 0.3 is 0 Å². The van der Waals surface area contributed by atoms with Crippen LogP contribution >= 0.6 is 0 Å².